The molecule has 0 saturated heterocycles. The number of nitrogens with one attached hydrogen (secondary N) is 2. The zero-order valence-corrected chi connectivity index (χ0v) is 12.8. The molecule has 0 fully saturated rings. The molecule has 0 saturated carbocycles. The maximum Gasteiger partial charge on any atom is 0.255 e. The first-order chi connectivity index (χ1) is 9.52. The van der Waals surface area contributed by atoms with Crippen molar-refractivity contribution in [3.05, 3.63) is 39.5 Å². The first kappa shape index (κ1) is 14.5. The van der Waals surface area contributed by atoms with Gasteiger partial charge in [-0.3, -0.25) is 4.79 Å². The highest BCUT2D eigenvalue weighted by Crippen LogP contribution is 2.23. The van der Waals surface area contributed by atoms with Gasteiger partial charge in [0.1, 0.15) is 5.82 Å². The van der Waals surface area contributed by atoms with E-state index in [-0.39, 0.29) is 11.9 Å². The zero-order valence-electron chi connectivity index (χ0n) is 12.0. The lowest BCUT2D eigenvalue weighted by molar-refractivity contribution is 0.0939. The van der Waals surface area contributed by atoms with Crippen molar-refractivity contribution in [2.45, 2.75) is 26.8 Å². The van der Waals surface area contributed by atoms with Gasteiger partial charge in [0.2, 0.25) is 0 Å². The first-order valence-corrected chi connectivity index (χ1v) is 7.22. The Hall–Kier alpha value is -1.95. The molecule has 0 bridgehead atoms. The van der Waals surface area contributed by atoms with Crippen LogP contribution in [0.4, 0.5) is 5.82 Å². The smallest absolute Gasteiger partial charge is 0.255 e. The van der Waals surface area contributed by atoms with Crippen molar-refractivity contribution in [3.8, 4) is 0 Å². The van der Waals surface area contributed by atoms with Gasteiger partial charge in [-0.25, -0.2) is 9.97 Å². The quantitative estimate of drug-likeness (QED) is 0.908. The molecular formula is C14H18N4OS. The van der Waals surface area contributed by atoms with Gasteiger partial charge in [0, 0.05) is 18.1 Å². The second-order valence-corrected chi connectivity index (χ2v) is 5.93. The predicted molar refractivity (Wildman–Crippen MR) is 81.3 cm³/mol. The Morgan fingerprint density at radius 3 is 2.75 bits per heavy atom. The third kappa shape index (κ3) is 2.96. The van der Waals surface area contributed by atoms with Gasteiger partial charge < -0.3 is 10.6 Å². The van der Waals surface area contributed by atoms with Gasteiger partial charge in [0.05, 0.1) is 22.3 Å². The average Bonchev–Trinajstić information content (AvgIpc) is 2.77. The van der Waals surface area contributed by atoms with Crippen LogP contribution in [-0.4, -0.2) is 22.9 Å². The highest BCUT2D eigenvalue weighted by molar-refractivity contribution is 7.11. The maximum atomic E-state index is 12.3. The number of hydrogen-bond donors (Lipinski definition) is 2. The van der Waals surface area contributed by atoms with Crippen molar-refractivity contribution in [1.82, 2.24) is 15.3 Å². The summed E-state index contributed by atoms with van der Waals surface area (Å²) in [7, 11) is 1.75. The predicted octanol–water partition coefficient (Wildman–Crippen LogP) is 2.69. The molecule has 0 aliphatic rings. The van der Waals surface area contributed by atoms with Gasteiger partial charge in [-0.2, -0.15) is 0 Å². The number of amides is 1. The van der Waals surface area contributed by atoms with Crippen LogP contribution in [0.5, 0.6) is 0 Å². The van der Waals surface area contributed by atoms with E-state index in [4.69, 9.17) is 0 Å². The van der Waals surface area contributed by atoms with E-state index in [0.717, 1.165) is 15.6 Å². The Kier molecular flexibility index (Phi) is 4.34. The van der Waals surface area contributed by atoms with E-state index in [1.807, 2.05) is 20.8 Å². The number of aromatic nitrogens is 2. The minimum Gasteiger partial charge on any atom is -0.372 e. The van der Waals surface area contributed by atoms with Crippen LogP contribution < -0.4 is 10.6 Å². The highest BCUT2D eigenvalue weighted by atomic mass is 32.1. The Morgan fingerprint density at radius 1 is 1.40 bits per heavy atom. The molecule has 6 heteroatoms. The number of carbonyl (C=O) groups is 1. The van der Waals surface area contributed by atoms with Crippen LogP contribution in [-0.2, 0) is 0 Å². The SMILES string of the molecule is CNc1ncccc1C(=O)NC(C)c1nc(C)sc1C. The molecule has 0 spiro atoms. The first-order valence-electron chi connectivity index (χ1n) is 6.40. The van der Waals surface area contributed by atoms with Crippen molar-refractivity contribution in [1.29, 1.82) is 0 Å². The van der Waals surface area contributed by atoms with E-state index in [9.17, 15) is 4.79 Å². The molecule has 0 aliphatic carbocycles. The molecule has 20 heavy (non-hydrogen) atoms. The molecule has 1 unspecified atom stereocenters. The fraction of sp³-hybridized carbons (Fsp3) is 0.357. The van der Waals surface area contributed by atoms with Crippen LogP contribution in [0, 0.1) is 13.8 Å². The molecule has 5 nitrogen and oxygen atoms in total. The topological polar surface area (TPSA) is 66.9 Å². The number of thiazole rings is 1. The van der Waals surface area contributed by atoms with E-state index in [0.29, 0.717) is 11.4 Å². The molecule has 2 rings (SSSR count). The summed E-state index contributed by atoms with van der Waals surface area (Å²) in [5, 5.41) is 6.90. The van der Waals surface area contributed by atoms with E-state index in [1.165, 1.54) is 0 Å². The molecule has 0 aliphatic heterocycles. The molecule has 1 amide bonds. The number of aryl methyl sites for hydroxylation is 2. The Morgan fingerprint density at radius 2 is 2.15 bits per heavy atom. The molecule has 0 aromatic carbocycles. The summed E-state index contributed by atoms with van der Waals surface area (Å²) in [6.45, 7) is 5.93. The van der Waals surface area contributed by atoms with Crippen molar-refractivity contribution in [2.24, 2.45) is 0 Å². The average molecular weight is 290 g/mol. The van der Waals surface area contributed by atoms with Gasteiger partial charge in [0.15, 0.2) is 0 Å². The molecule has 2 aromatic rings. The zero-order chi connectivity index (χ0) is 14.7. The molecular weight excluding hydrogens is 272 g/mol. The van der Waals surface area contributed by atoms with E-state index < -0.39 is 0 Å². The summed E-state index contributed by atoms with van der Waals surface area (Å²) < 4.78 is 0. The molecule has 0 radical (unpaired) electrons. The Labute approximate surface area is 122 Å². The fourth-order valence-electron chi connectivity index (χ4n) is 2.08. The Bertz CT molecular complexity index is 623. The van der Waals surface area contributed by atoms with Crippen LogP contribution in [0.25, 0.3) is 0 Å². The number of carbonyl (C=O) groups excluding carboxylic acids is 1. The van der Waals surface area contributed by atoms with Gasteiger partial charge in [-0.1, -0.05) is 0 Å². The van der Waals surface area contributed by atoms with E-state index in [1.54, 1.807) is 36.7 Å². The lowest BCUT2D eigenvalue weighted by Crippen LogP contribution is -2.28. The lowest BCUT2D eigenvalue weighted by Gasteiger charge is -2.14. The van der Waals surface area contributed by atoms with Gasteiger partial charge in [0.25, 0.3) is 5.91 Å². The summed E-state index contributed by atoms with van der Waals surface area (Å²) in [4.78, 5) is 22.1. The third-order valence-corrected chi connectivity index (χ3v) is 3.89. The van der Waals surface area contributed by atoms with Crippen LogP contribution in [0.1, 0.15) is 38.9 Å². The summed E-state index contributed by atoms with van der Waals surface area (Å²) in [6.07, 6.45) is 1.65. The standard InChI is InChI=1S/C14H18N4OS/c1-8(12-9(2)20-10(3)18-12)17-14(19)11-6-5-7-16-13(11)15-4/h5-8H,1-4H3,(H,15,16)(H,17,19). The molecule has 2 N–H and O–H groups in total. The summed E-state index contributed by atoms with van der Waals surface area (Å²) >= 11 is 1.64. The summed E-state index contributed by atoms with van der Waals surface area (Å²) in [5.74, 6) is 0.420. The number of hydrogen-bond acceptors (Lipinski definition) is 5. The van der Waals surface area contributed by atoms with E-state index >= 15 is 0 Å². The maximum absolute atomic E-state index is 12.3. The summed E-state index contributed by atoms with van der Waals surface area (Å²) in [6, 6.07) is 3.37. The fourth-order valence-corrected chi connectivity index (χ4v) is 2.99. The van der Waals surface area contributed by atoms with E-state index in [2.05, 4.69) is 20.6 Å². The van der Waals surface area contributed by atoms with Crippen LogP contribution >= 0.6 is 11.3 Å². The van der Waals surface area contributed by atoms with Crippen molar-refractivity contribution >= 4 is 23.1 Å². The minimum absolute atomic E-state index is 0.127. The van der Waals surface area contributed by atoms with Crippen LogP contribution in [0.15, 0.2) is 18.3 Å². The van der Waals surface area contributed by atoms with Gasteiger partial charge >= 0.3 is 0 Å². The van der Waals surface area contributed by atoms with Crippen LogP contribution in [0.3, 0.4) is 0 Å². The minimum atomic E-state index is -0.153. The Balaban J connectivity index is 2.17. The number of anilines is 1. The molecule has 106 valence electrons. The lowest BCUT2D eigenvalue weighted by atomic mass is 10.2. The number of pyridine rings is 1. The third-order valence-electron chi connectivity index (χ3n) is 2.99. The van der Waals surface area contributed by atoms with Gasteiger partial charge in [-0.05, 0) is 32.9 Å². The molecule has 2 heterocycles. The van der Waals surface area contributed by atoms with Crippen LogP contribution in [0.2, 0.25) is 0 Å². The highest BCUT2D eigenvalue weighted by Gasteiger charge is 2.18. The van der Waals surface area contributed by atoms with Crippen molar-refractivity contribution in [3.63, 3.8) is 0 Å². The van der Waals surface area contributed by atoms with Gasteiger partial charge in [-0.15, -0.1) is 11.3 Å². The summed E-state index contributed by atoms with van der Waals surface area (Å²) in [5.41, 5.74) is 1.46. The second kappa shape index (κ2) is 6.00. The monoisotopic (exact) mass is 290 g/mol. The molecule has 1 atom stereocenters. The normalized spacial score (nSPS) is 12.0. The number of nitrogens with zero attached hydrogens (tertiary/aromatic N) is 2. The number of rotatable bonds is 4. The largest absolute Gasteiger partial charge is 0.372 e. The van der Waals surface area contributed by atoms with Crippen molar-refractivity contribution < 1.29 is 4.79 Å². The van der Waals surface area contributed by atoms with Crippen molar-refractivity contribution in [2.75, 3.05) is 12.4 Å². The second-order valence-electron chi connectivity index (χ2n) is 4.52. The molecule has 2 aromatic heterocycles.